The lowest BCUT2D eigenvalue weighted by Gasteiger charge is -2.42. The third-order valence-corrected chi connectivity index (χ3v) is 14.5. The molecule has 2 rings (SSSR count). The second kappa shape index (κ2) is 49.5. The normalized spacial score (nSPS) is 24.7. The molecule has 0 aromatic rings. The van der Waals surface area contributed by atoms with E-state index in [4.69, 9.17) is 28.4 Å². The van der Waals surface area contributed by atoms with Gasteiger partial charge in [0.15, 0.2) is 12.6 Å². The first-order valence-electron chi connectivity index (χ1n) is 30.9. The van der Waals surface area contributed by atoms with E-state index in [-0.39, 0.29) is 25.6 Å². The number of aliphatic hydroxyl groups is 7. The summed E-state index contributed by atoms with van der Waals surface area (Å²) in [4.78, 5) is 13.1. The maximum atomic E-state index is 13.1. The van der Waals surface area contributed by atoms with E-state index in [0.717, 1.165) is 77.0 Å². The molecule has 0 bridgehead atoms. The van der Waals surface area contributed by atoms with E-state index in [1.807, 2.05) is 0 Å². The minimum atomic E-state index is -1.71. The molecule has 2 heterocycles. The highest BCUT2D eigenvalue weighted by molar-refractivity contribution is 5.69. The van der Waals surface area contributed by atoms with Crippen LogP contribution in [0.1, 0.15) is 232 Å². The lowest BCUT2D eigenvalue weighted by atomic mass is 9.98. The Hall–Kier alpha value is -2.31. The van der Waals surface area contributed by atoms with Crippen molar-refractivity contribution in [1.82, 2.24) is 0 Å². The van der Waals surface area contributed by atoms with E-state index >= 15 is 0 Å². The van der Waals surface area contributed by atoms with Crippen molar-refractivity contribution in [2.24, 2.45) is 0 Å². The van der Waals surface area contributed by atoms with Gasteiger partial charge in [0, 0.05) is 13.0 Å². The van der Waals surface area contributed by atoms with Gasteiger partial charge in [-0.25, -0.2) is 0 Å². The van der Waals surface area contributed by atoms with Crippen LogP contribution in [0.2, 0.25) is 0 Å². The van der Waals surface area contributed by atoms with E-state index in [9.17, 15) is 40.5 Å². The van der Waals surface area contributed by atoms with E-state index < -0.39 is 80.7 Å². The third kappa shape index (κ3) is 35.9. The molecule has 0 amide bonds. The number of hydrogen-bond donors (Lipinski definition) is 7. The molecule has 0 radical (unpaired) electrons. The van der Waals surface area contributed by atoms with E-state index in [1.165, 1.54) is 128 Å². The molecule has 14 nitrogen and oxygen atoms in total. The Morgan fingerprint density at radius 2 is 0.844 bits per heavy atom. The predicted molar refractivity (Wildman–Crippen MR) is 307 cm³/mol. The van der Waals surface area contributed by atoms with Crippen molar-refractivity contribution in [1.29, 1.82) is 0 Å². The number of rotatable bonds is 50. The molecule has 14 heteroatoms. The van der Waals surface area contributed by atoms with Crippen molar-refractivity contribution in [3.05, 3.63) is 60.8 Å². The van der Waals surface area contributed by atoms with Gasteiger partial charge in [-0.2, -0.15) is 0 Å². The monoisotopic (exact) mass is 1090 g/mol. The fourth-order valence-corrected chi connectivity index (χ4v) is 9.57. The number of aliphatic hydroxyl groups excluding tert-OH is 7. The van der Waals surface area contributed by atoms with Crippen LogP contribution in [0.25, 0.3) is 0 Å². The SMILES string of the molecule is CC/C=C\C/C=C\C/C=C\CCCCCCCCCC(=O)OC(COCCCCCCCCCCCCCCCC/C=C\C/C=C\CCCCCCC)COC1OC(COC2OC(CO)C(O)C(O)C2O)C(O)C(O)C1O. The number of carbonyl (C=O) groups is 1. The summed E-state index contributed by atoms with van der Waals surface area (Å²) in [6.45, 7) is 3.58. The van der Waals surface area contributed by atoms with Gasteiger partial charge in [-0.15, -0.1) is 0 Å². The molecule has 7 N–H and O–H groups in total. The summed E-state index contributed by atoms with van der Waals surface area (Å²) in [6, 6.07) is 0. The Morgan fingerprint density at radius 3 is 1.32 bits per heavy atom. The molecular formula is C63H112O14. The topological polar surface area (TPSA) is 214 Å². The quantitative estimate of drug-likeness (QED) is 0.0172. The molecule has 11 unspecified atom stereocenters. The Morgan fingerprint density at radius 1 is 0.442 bits per heavy atom. The van der Waals surface area contributed by atoms with Crippen LogP contribution in [0.5, 0.6) is 0 Å². The van der Waals surface area contributed by atoms with Crippen LogP contribution in [0.4, 0.5) is 0 Å². The Kier molecular flexibility index (Phi) is 45.5. The molecule has 448 valence electrons. The first-order chi connectivity index (χ1) is 37.6. The molecule has 2 aliphatic rings. The van der Waals surface area contributed by atoms with Crippen molar-refractivity contribution >= 4 is 5.97 Å². The molecule has 77 heavy (non-hydrogen) atoms. The van der Waals surface area contributed by atoms with Gasteiger partial charge in [-0.1, -0.05) is 209 Å². The fraction of sp³-hybridized carbons (Fsp3) is 0.825. The molecule has 0 saturated carbocycles. The molecule has 11 atom stereocenters. The molecule has 0 aliphatic carbocycles. The van der Waals surface area contributed by atoms with Crippen LogP contribution >= 0.6 is 0 Å². The number of carbonyl (C=O) groups excluding carboxylic acids is 1. The van der Waals surface area contributed by atoms with Crippen LogP contribution in [-0.2, 0) is 33.2 Å². The van der Waals surface area contributed by atoms with Crippen LogP contribution in [-0.4, -0.2) is 142 Å². The molecule has 0 spiro atoms. The zero-order valence-corrected chi connectivity index (χ0v) is 48.2. The first kappa shape index (κ1) is 70.8. The van der Waals surface area contributed by atoms with Gasteiger partial charge in [-0.05, 0) is 77.0 Å². The Labute approximate surface area is 466 Å². The van der Waals surface area contributed by atoms with Crippen LogP contribution in [0.3, 0.4) is 0 Å². The van der Waals surface area contributed by atoms with Crippen molar-refractivity contribution < 1.29 is 69.0 Å². The van der Waals surface area contributed by atoms with Crippen molar-refractivity contribution in [3.63, 3.8) is 0 Å². The fourth-order valence-electron chi connectivity index (χ4n) is 9.57. The summed E-state index contributed by atoms with van der Waals surface area (Å²) in [5.41, 5.74) is 0. The number of ether oxygens (including phenoxy) is 6. The zero-order valence-electron chi connectivity index (χ0n) is 48.2. The molecule has 2 fully saturated rings. The molecule has 2 aliphatic heterocycles. The van der Waals surface area contributed by atoms with Gasteiger partial charge in [-0.3, -0.25) is 4.79 Å². The second-order valence-electron chi connectivity index (χ2n) is 21.5. The maximum Gasteiger partial charge on any atom is 0.306 e. The van der Waals surface area contributed by atoms with Gasteiger partial charge < -0.3 is 64.2 Å². The molecule has 0 aromatic heterocycles. The maximum absolute atomic E-state index is 13.1. The van der Waals surface area contributed by atoms with Gasteiger partial charge in [0.1, 0.15) is 54.9 Å². The van der Waals surface area contributed by atoms with Crippen LogP contribution in [0.15, 0.2) is 60.8 Å². The van der Waals surface area contributed by atoms with Crippen LogP contribution in [0, 0.1) is 0 Å². The number of esters is 1. The highest BCUT2D eigenvalue weighted by atomic mass is 16.7. The molecule has 2 saturated heterocycles. The lowest BCUT2D eigenvalue weighted by Crippen LogP contribution is -2.61. The van der Waals surface area contributed by atoms with E-state index in [0.29, 0.717) is 13.0 Å². The summed E-state index contributed by atoms with van der Waals surface area (Å²) in [6.07, 6.45) is 45.7. The largest absolute Gasteiger partial charge is 0.457 e. The minimum absolute atomic E-state index is 0.0563. The summed E-state index contributed by atoms with van der Waals surface area (Å²) in [5.74, 6) is -0.385. The lowest BCUT2D eigenvalue weighted by molar-refractivity contribution is -0.332. The van der Waals surface area contributed by atoms with E-state index in [1.54, 1.807) is 0 Å². The average molecular weight is 1090 g/mol. The summed E-state index contributed by atoms with van der Waals surface area (Å²) in [7, 11) is 0. The summed E-state index contributed by atoms with van der Waals surface area (Å²) >= 11 is 0. The van der Waals surface area contributed by atoms with Gasteiger partial charge in [0.2, 0.25) is 0 Å². The first-order valence-corrected chi connectivity index (χ1v) is 30.9. The zero-order chi connectivity index (χ0) is 55.8. The van der Waals surface area contributed by atoms with Crippen molar-refractivity contribution in [2.45, 2.75) is 300 Å². The third-order valence-electron chi connectivity index (χ3n) is 14.5. The average Bonchev–Trinajstić information content (AvgIpc) is 3.43. The standard InChI is InChI=1S/C63H112O14/c1-3-5-7-9-11-13-15-17-19-21-22-23-24-25-26-27-28-29-31-33-35-37-39-41-43-45-47-72-49-52(75-55(65)46-44-42-40-38-36-34-32-30-20-18-16-14-12-10-8-6-4-2)50-73-62-61(71)59(69)57(67)54(77-62)51-74-63-60(70)58(68)56(66)53(48-64)76-63/h6,8,12,14-15,17-18,20-22,52-54,56-64,66-71H,3-5,7,9-11,13,16,19,23-51H2,1-2H3/b8-6-,14-12-,17-15-,20-18-,22-21-. The number of allylic oxidation sites excluding steroid dienone is 10. The highest BCUT2D eigenvalue weighted by Crippen LogP contribution is 2.27. The smallest absolute Gasteiger partial charge is 0.306 e. The van der Waals surface area contributed by atoms with Gasteiger partial charge in [0.25, 0.3) is 0 Å². The number of unbranched alkanes of at least 4 members (excludes halogenated alkanes) is 26. The predicted octanol–water partition coefficient (Wildman–Crippen LogP) is 11.6. The number of hydrogen-bond acceptors (Lipinski definition) is 14. The highest BCUT2D eigenvalue weighted by Gasteiger charge is 2.47. The summed E-state index contributed by atoms with van der Waals surface area (Å²) < 4.78 is 34.4. The van der Waals surface area contributed by atoms with Gasteiger partial charge in [0.05, 0.1) is 26.4 Å². The van der Waals surface area contributed by atoms with Crippen molar-refractivity contribution in [3.8, 4) is 0 Å². The van der Waals surface area contributed by atoms with Gasteiger partial charge >= 0.3 is 5.97 Å². The summed E-state index contributed by atoms with van der Waals surface area (Å²) in [5, 5.41) is 72.4. The van der Waals surface area contributed by atoms with Crippen molar-refractivity contribution in [2.75, 3.05) is 33.0 Å². The Balaban J connectivity index is 1.67. The Bertz CT molecular complexity index is 1500. The van der Waals surface area contributed by atoms with E-state index in [2.05, 4.69) is 74.6 Å². The van der Waals surface area contributed by atoms with Crippen LogP contribution < -0.4 is 0 Å². The second-order valence-corrected chi connectivity index (χ2v) is 21.5. The molecular weight excluding hydrogens is 981 g/mol. The minimum Gasteiger partial charge on any atom is -0.457 e. The molecule has 0 aromatic carbocycles.